The molecule has 0 aliphatic carbocycles. The molecular weight excluding hydrogens is 354 g/mol. The number of ether oxygens (including phenoxy) is 1. The Bertz CT molecular complexity index is 1020. The number of rotatable bonds is 3. The Morgan fingerprint density at radius 3 is 2.58 bits per heavy atom. The number of nitrogens with one attached hydrogen (secondary N) is 2. The van der Waals surface area contributed by atoms with E-state index in [1.165, 1.54) is 4.41 Å². The monoisotopic (exact) mass is 371 g/mol. The Kier molecular flexibility index (Phi) is 3.93. The zero-order chi connectivity index (χ0) is 18.3. The second kappa shape index (κ2) is 6.15. The van der Waals surface area contributed by atoms with Gasteiger partial charge in [-0.3, -0.25) is 4.79 Å². The van der Waals surface area contributed by atoms with Crippen LogP contribution in [0.3, 0.4) is 0 Å². The van der Waals surface area contributed by atoms with Gasteiger partial charge < -0.3 is 15.5 Å². The normalized spacial score (nSPS) is 17.3. The summed E-state index contributed by atoms with van der Waals surface area (Å²) >= 11 is 0. The van der Waals surface area contributed by atoms with Gasteiger partial charge in [0.1, 0.15) is 5.75 Å². The maximum atomic E-state index is 12.0. The van der Waals surface area contributed by atoms with E-state index in [4.69, 9.17) is 4.74 Å². The maximum absolute atomic E-state index is 12.0. The minimum absolute atomic E-state index is 0.00951. The van der Waals surface area contributed by atoms with Gasteiger partial charge in [0.2, 0.25) is 10.0 Å². The molecule has 8 heteroatoms. The Morgan fingerprint density at radius 2 is 1.85 bits per heavy atom. The third kappa shape index (κ3) is 3.04. The van der Waals surface area contributed by atoms with Crippen LogP contribution in [-0.2, 0) is 14.8 Å². The Hall–Kier alpha value is -2.84. The van der Waals surface area contributed by atoms with Crippen LogP contribution in [0.15, 0.2) is 48.5 Å². The number of anilines is 1. The second-order valence-electron chi connectivity index (χ2n) is 6.15. The van der Waals surface area contributed by atoms with Gasteiger partial charge in [0.25, 0.3) is 5.91 Å². The van der Waals surface area contributed by atoms with Gasteiger partial charge in [-0.25, -0.2) is 8.42 Å². The van der Waals surface area contributed by atoms with E-state index in [1.54, 1.807) is 12.1 Å². The van der Waals surface area contributed by atoms with Gasteiger partial charge in [0, 0.05) is 11.1 Å². The average molecular weight is 371 g/mol. The fourth-order valence-corrected chi connectivity index (χ4v) is 3.63. The molecule has 0 unspecified atom stereocenters. The summed E-state index contributed by atoms with van der Waals surface area (Å²) in [7, 11) is -3.42. The van der Waals surface area contributed by atoms with Crippen LogP contribution in [0, 0.1) is 0 Å². The van der Waals surface area contributed by atoms with E-state index in [0.717, 1.165) is 23.0 Å². The molecule has 0 radical (unpaired) electrons. The van der Waals surface area contributed by atoms with Crippen molar-refractivity contribution >= 4 is 32.9 Å². The van der Waals surface area contributed by atoms with Crippen LogP contribution in [0.2, 0.25) is 0 Å². The van der Waals surface area contributed by atoms with Crippen molar-refractivity contribution in [2.45, 2.75) is 0 Å². The molecule has 4 rings (SSSR count). The molecule has 2 aliphatic rings. The Balaban J connectivity index is 1.80. The molecule has 2 N–H and O–H groups in total. The molecule has 2 aromatic rings. The number of sulfonamides is 1. The zero-order valence-electron chi connectivity index (χ0n) is 14.0. The molecule has 0 spiro atoms. The van der Waals surface area contributed by atoms with E-state index in [2.05, 4.69) is 10.7 Å². The lowest BCUT2D eigenvalue weighted by Gasteiger charge is -2.20. The summed E-state index contributed by atoms with van der Waals surface area (Å²) in [6, 6.07) is 15.0. The minimum Gasteiger partial charge on any atom is -0.482 e. The van der Waals surface area contributed by atoms with Crippen LogP contribution < -0.4 is 15.5 Å². The van der Waals surface area contributed by atoms with Crippen molar-refractivity contribution in [2.75, 3.05) is 24.7 Å². The molecular formula is C18H17N3O4S. The van der Waals surface area contributed by atoms with Crippen molar-refractivity contribution in [3.63, 3.8) is 0 Å². The van der Waals surface area contributed by atoms with Gasteiger partial charge in [-0.15, -0.1) is 4.41 Å². The summed E-state index contributed by atoms with van der Waals surface area (Å²) in [5.41, 5.74) is 6.79. The number of hydrazine groups is 1. The molecule has 2 aliphatic heterocycles. The van der Waals surface area contributed by atoms with Crippen LogP contribution in [-0.4, -0.2) is 38.1 Å². The van der Waals surface area contributed by atoms with E-state index in [9.17, 15) is 13.2 Å². The van der Waals surface area contributed by atoms with Crippen molar-refractivity contribution in [1.82, 2.24) is 9.84 Å². The quantitative estimate of drug-likeness (QED) is 0.857. The first-order chi connectivity index (χ1) is 12.4. The fourth-order valence-electron chi connectivity index (χ4n) is 3.01. The highest BCUT2D eigenvalue weighted by Crippen LogP contribution is 2.35. The number of nitrogens with zero attached hydrogens (tertiary/aromatic N) is 1. The molecule has 0 saturated carbocycles. The number of carbonyl (C=O) groups is 1. The van der Waals surface area contributed by atoms with Crippen molar-refractivity contribution in [3.05, 3.63) is 59.7 Å². The third-order valence-electron chi connectivity index (χ3n) is 4.26. The Labute approximate surface area is 151 Å². The summed E-state index contributed by atoms with van der Waals surface area (Å²) in [5, 5.41) is 2.77. The average Bonchev–Trinajstić information content (AvgIpc) is 3.07. The lowest BCUT2D eigenvalue weighted by molar-refractivity contribution is -0.118. The van der Waals surface area contributed by atoms with E-state index < -0.39 is 10.0 Å². The lowest BCUT2D eigenvalue weighted by Crippen LogP contribution is -2.36. The summed E-state index contributed by atoms with van der Waals surface area (Å²) in [6.45, 7) is 0.211. The van der Waals surface area contributed by atoms with Crippen LogP contribution in [0.5, 0.6) is 5.75 Å². The van der Waals surface area contributed by atoms with Gasteiger partial charge in [-0.1, -0.05) is 30.3 Å². The van der Waals surface area contributed by atoms with Gasteiger partial charge in [-0.2, -0.15) is 0 Å². The molecule has 0 bridgehead atoms. The van der Waals surface area contributed by atoms with Crippen molar-refractivity contribution < 1.29 is 17.9 Å². The summed E-state index contributed by atoms with van der Waals surface area (Å²) in [6.07, 6.45) is 1.16. The largest absolute Gasteiger partial charge is 0.482 e. The van der Waals surface area contributed by atoms with E-state index in [-0.39, 0.29) is 19.1 Å². The highest BCUT2D eigenvalue weighted by Gasteiger charge is 2.30. The third-order valence-corrected chi connectivity index (χ3v) is 5.28. The highest BCUT2D eigenvalue weighted by atomic mass is 32.2. The molecule has 0 atom stereocenters. The number of benzene rings is 2. The highest BCUT2D eigenvalue weighted by molar-refractivity contribution is 7.88. The van der Waals surface area contributed by atoms with Crippen LogP contribution >= 0.6 is 0 Å². The van der Waals surface area contributed by atoms with Gasteiger partial charge in [-0.05, 0) is 23.8 Å². The molecule has 26 heavy (non-hydrogen) atoms. The minimum atomic E-state index is -3.42. The summed E-state index contributed by atoms with van der Waals surface area (Å²) in [5.74, 6) is 0.372. The molecule has 134 valence electrons. The van der Waals surface area contributed by atoms with Gasteiger partial charge in [0.15, 0.2) is 6.61 Å². The first-order valence-electron chi connectivity index (χ1n) is 8.02. The number of amides is 1. The van der Waals surface area contributed by atoms with Gasteiger partial charge in [0.05, 0.1) is 24.2 Å². The zero-order valence-corrected chi connectivity index (χ0v) is 14.8. The fraction of sp³-hybridized carbons (Fsp3) is 0.167. The number of hydrogen-bond donors (Lipinski definition) is 2. The lowest BCUT2D eigenvalue weighted by atomic mass is 10.00. The molecule has 0 aromatic heterocycles. The smallest absolute Gasteiger partial charge is 0.262 e. The van der Waals surface area contributed by atoms with Crippen molar-refractivity contribution in [2.24, 2.45) is 0 Å². The van der Waals surface area contributed by atoms with Crippen LogP contribution in [0.25, 0.3) is 11.3 Å². The SMILES string of the molecule is CS(=O)(=O)N1CC(c2ccccc2)=C(c2ccc3c(c2)NC(=O)CO3)N1. The Morgan fingerprint density at radius 1 is 1.08 bits per heavy atom. The van der Waals surface area contributed by atoms with Crippen molar-refractivity contribution in [3.8, 4) is 5.75 Å². The van der Waals surface area contributed by atoms with Crippen molar-refractivity contribution in [1.29, 1.82) is 0 Å². The van der Waals surface area contributed by atoms with E-state index >= 15 is 0 Å². The molecule has 2 heterocycles. The number of carbonyl (C=O) groups excluding carboxylic acids is 1. The molecule has 7 nitrogen and oxygen atoms in total. The molecule has 2 aromatic carbocycles. The first-order valence-corrected chi connectivity index (χ1v) is 9.87. The maximum Gasteiger partial charge on any atom is 0.262 e. The number of hydrogen-bond acceptors (Lipinski definition) is 5. The summed E-state index contributed by atoms with van der Waals surface area (Å²) in [4.78, 5) is 11.6. The summed E-state index contributed by atoms with van der Waals surface area (Å²) < 4.78 is 30.6. The molecule has 0 saturated heterocycles. The van der Waals surface area contributed by atoms with Crippen LogP contribution in [0.1, 0.15) is 11.1 Å². The molecule has 0 fully saturated rings. The molecule has 1 amide bonds. The predicted molar refractivity (Wildman–Crippen MR) is 98.5 cm³/mol. The van der Waals surface area contributed by atoms with E-state index in [0.29, 0.717) is 17.1 Å². The first kappa shape index (κ1) is 16.6. The van der Waals surface area contributed by atoms with Gasteiger partial charge >= 0.3 is 0 Å². The topological polar surface area (TPSA) is 87.7 Å². The number of fused-ring (bicyclic) bond motifs is 1. The standard InChI is InChI=1S/C18H17N3O4S/c1-26(23,24)21-10-14(12-5-3-2-4-6-12)18(20-21)13-7-8-16-15(9-13)19-17(22)11-25-16/h2-9,20H,10-11H2,1H3,(H,19,22). The second-order valence-corrected chi connectivity index (χ2v) is 8.06. The van der Waals surface area contributed by atoms with E-state index in [1.807, 2.05) is 36.4 Å². The van der Waals surface area contributed by atoms with Crippen LogP contribution in [0.4, 0.5) is 5.69 Å². The predicted octanol–water partition coefficient (Wildman–Crippen LogP) is 1.67.